The lowest BCUT2D eigenvalue weighted by Gasteiger charge is -2.04. The maximum atomic E-state index is 12.1. The van der Waals surface area contributed by atoms with Crippen LogP contribution in [0.4, 0.5) is 0 Å². The van der Waals surface area contributed by atoms with Crippen LogP contribution in [0.25, 0.3) is 10.9 Å². The van der Waals surface area contributed by atoms with E-state index in [1.165, 1.54) is 5.56 Å². The number of hydrogen-bond donors (Lipinski definition) is 2. The third-order valence-corrected chi connectivity index (χ3v) is 3.74. The smallest absolute Gasteiger partial charge is 0.179 e. The minimum absolute atomic E-state index is 0.146. The van der Waals surface area contributed by atoms with E-state index >= 15 is 0 Å². The summed E-state index contributed by atoms with van der Waals surface area (Å²) in [6.45, 7) is 3.15. The summed E-state index contributed by atoms with van der Waals surface area (Å²) in [4.78, 5) is 15.3. The zero-order valence-corrected chi connectivity index (χ0v) is 11.1. The molecule has 0 saturated carbocycles. The van der Waals surface area contributed by atoms with E-state index in [4.69, 9.17) is 10.5 Å². The quantitative estimate of drug-likeness (QED) is 0.826. The molecular formula is C15H18N2O2. The fourth-order valence-corrected chi connectivity index (χ4v) is 2.87. The molecule has 0 fully saturated rings. The summed E-state index contributed by atoms with van der Waals surface area (Å²) in [6.07, 6.45) is 2.13. The highest BCUT2D eigenvalue weighted by atomic mass is 16.5. The lowest BCUT2D eigenvalue weighted by atomic mass is 9.99. The van der Waals surface area contributed by atoms with Gasteiger partial charge in [0.2, 0.25) is 0 Å². The molecule has 0 bridgehead atoms. The maximum absolute atomic E-state index is 12.1. The van der Waals surface area contributed by atoms with Gasteiger partial charge in [-0.25, -0.2) is 0 Å². The Morgan fingerprint density at radius 1 is 1.47 bits per heavy atom. The standard InChI is InChI=1S/C15H18N2O2/c1-2-12(18)15-10(5-7-16)14-9-6-8-19-13(9)4-3-11(14)17-15/h3-4,17H,2,5-8,16H2,1H3. The third-order valence-electron chi connectivity index (χ3n) is 3.74. The molecule has 0 saturated heterocycles. The molecule has 19 heavy (non-hydrogen) atoms. The molecule has 0 spiro atoms. The van der Waals surface area contributed by atoms with Crippen LogP contribution in [0.15, 0.2) is 12.1 Å². The zero-order valence-electron chi connectivity index (χ0n) is 11.1. The highest BCUT2D eigenvalue weighted by molar-refractivity contribution is 6.03. The number of fused-ring (bicyclic) bond motifs is 3. The molecule has 3 N–H and O–H groups in total. The van der Waals surface area contributed by atoms with E-state index in [1.807, 2.05) is 19.1 Å². The molecule has 0 aliphatic carbocycles. The number of H-pyrrole nitrogens is 1. The van der Waals surface area contributed by atoms with Crippen LogP contribution in [0.3, 0.4) is 0 Å². The number of nitrogens with two attached hydrogens (primary N) is 1. The average molecular weight is 258 g/mol. The number of Topliss-reactive ketones (excluding diaryl/α,β-unsaturated/α-hetero) is 1. The Morgan fingerprint density at radius 2 is 2.32 bits per heavy atom. The molecule has 0 radical (unpaired) electrons. The molecule has 2 aromatic rings. The molecule has 4 nitrogen and oxygen atoms in total. The van der Waals surface area contributed by atoms with Crippen LogP contribution in [0, 0.1) is 0 Å². The van der Waals surface area contributed by atoms with Crippen molar-refractivity contribution in [3.05, 3.63) is 29.0 Å². The molecule has 100 valence electrons. The minimum atomic E-state index is 0.146. The Morgan fingerprint density at radius 3 is 3.05 bits per heavy atom. The monoisotopic (exact) mass is 258 g/mol. The van der Waals surface area contributed by atoms with Crippen LogP contribution in [-0.4, -0.2) is 23.9 Å². The van der Waals surface area contributed by atoms with Crippen LogP contribution >= 0.6 is 0 Å². The predicted molar refractivity (Wildman–Crippen MR) is 74.9 cm³/mol. The van der Waals surface area contributed by atoms with Crippen molar-refractivity contribution in [1.29, 1.82) is 0 Å². The first-order chi connectivity index (χ1) is 9.26. The Kier molecular flexibility index (Phi) is 3.03. The van der Waals surface area contributed by atoms with Gasteiger partial charge in [-0.3, -0.25) is 4.79 Å². The fraction of sp³-hybridized carbons (Fsp3) is 0.400. The number of rotatable bonds is 4. The van der Waals surface area contributed by atoms with E-state index in [0.717, 1.165) is 47.4 Å². The number of benzene rings is 1. The number of carbonyl (C=O) groups excluding carboxylic acids is 1. The van der Waals surface area contributed by atoms with Gasteiger partial charge in [0.05, 0.1) is 12.3 Å². The second-order valence-corrected chi connectivity index (χ2v) is 4.86. The number of ketones is 1. The largest absolute Gasteiger partial charge is 0.493 e. The molecular weight excluding hydrogens is 240 g/mol. The van der Waals surface area contributed by atoms with Crippen molar-refractivity contribution < 1.29 is 9.53 Å². The van der Waals surface area contributed by atoms with Crippen LogP contribution < -0.4 is 10.5 Å². The maximum Gasteiger partial charge on any atom is 0.179 e. The highest BCUT2D eigenvalue weighted by Gasteiger charge is 2.22. The van der Waals surface area contributed by atoms with Crippen molar-refractivity contribution in [3.8, 4) is 5.75 Å². The van der Waals surface area contributed by atoms with Crippen LogP contribution in [0.5, 0.6) is 5.75 Å². The summed E-state index contributed by atoms with van der Waals surface area (Å²) in [6, 6.07) is 3.97. The van der Waals surface area contributed by atoms with Gasteiger partial charge >= 0.3 is 0 Å². The van der Waals surface area contributed by atoms with Gasteiger partial charge < -0.3 is 15.5 Å². The Hall–Kier alpha value is -1.81. The van der Waals surface area contributed by atoms with Crippen molar-refractivity contribution in [1.82, 2.24) is 4.98 Å². The first kappa shape index (κ1) is 12.2. The molecule has 1 aromatic heterocycles. The Labute approximate surface area is 111 Å². The lowest BCUT2D eigenvalue weighted by Crippen LogP contribution is -2.08. The van der Waals surface area contributed by atoms with Gasteiger partial charge in [0.25, 0.3) is 0 Å². The minimum Gasteiger partial charge on any atom is -0.493 e. The van der Waals surface area contributed by atoms with Gasteiger partial charge in [-0.05, 0) is 30.7 Å². The molecule has 3 rings (SSSR count). The fourth-order valence-electron chi connectivity index (χ4n) is 2.87. The second-order valence-electron chi connectivity index (χ2n) is 4.86. The van der Waals surface area contributed by atoms with E-state index in [0.29, 0.717) is 13.0 Å². The van der Waals surface area contributed by atoms with Crippen molar-refractivity contribution >= 4 is 16.7 Å². The molecule has 1 aliphatic heterocycles. The Bertz CT molecular complexity index is 643. The summed E-state index contributed by atoms with van der Waals surface area (Å²) in [5, 5.41) is 1.15. The van der Waals surface area contributed by atoms with E-state index in [2.05, 4.69) is 4.98 Å². The normalized spacial score (nSPS) is 13.6. The molecule has 2 heterocycles. The van der Waals surface area contributed by atoms with Crippen molar-refractivity contribution in [2.75, 3.05) is 13.2 Å². The van der Waals surface area contributed by atoms with Gasteiger partial charge in [-0.2, -0.15) is 0 Å². The number of hydrogen-bond acceptors (Lipinski definition) is 3. The number of aromatic amines is 1. The molecule has 1 aliphatic rings. The second kappa shape index (κ2) is 4.70. The number of aromatic nitrogens is 1. The summed E-state index contributed by atoms with van der Waals surface area (Å²) >= 11 is 0. The third kappa shape index (κ3) is 1.83. The predicted octanol–water partition coefficient (Wildman–Crippen LogP) is 2.20. The zero-order chi connectivity index (χ0) is 13.4. The van der Waals surface area contributed by atoms with E-state index in [-0.39, 0.29) is 5.78 Å². The first-order valence-electron chi connectivity index (χ1n) is 6.78. The van der Waals surface area contributed by atoms with E-state index in [9.17, 15) is 4.79 Å². The Balaban J connectivity index is 2.28. The van der Waals surface area contributed by atoms with Gasteiger partial charge in [0.1, 0.15) is 5.75 Å². The van der Waals surface area contributed by atoms with E-state index in [1.54, 1.807) is 0 Å². The van der Waals surface area contributed by atoms with Crippen molar-refractivity contribution in [2.45, 2.75) is 26.2 Å². The SMILES string of the molecule is CCC(=O)c1[nH]c2ccc3c(c2c1CCN)CCO3. The summed E-state index contributed by atoms with van der Waals surface area (Å²) < 4.78 is 5.61. The summed E-state index contributed by atoms with van der Waals surface area (Å²) in [5.74, 6) is 1.09. The summed E-state index contributed by atoms with van der Waals surface area (Å²) in [7, 11) is 0. The average Bonchev–Trinajstić information content (AvgIpc) is 3.02. The van der Waals surface area contributed by atoms with Crippen LogP contribution in [-0.2, 0) is 12.8 Å². The van der Waals surface area contributed by atoms with Gasteiger partial charge in [0.15, 0.2) is 5.78 Å². The molecule has 4 heteroatoms. The molecule has 0 amide bonds. The lowest BCUT2D eigenvalue weighted by molar-refractivity contribution is 0.0983. The molecule has 1 aromatic carbocycles. The number of nitrogens with one attached hydrogen (secondary N) is 1. The van der Waals surface area contributed by atoms with Gasteiger partial charge in [0, 0.05) is 29.3 Å². The van der Waals surface area contributed by atoms with Gasteiger partial charge in [-0.1, -0.05) is 6.92 Å². The van der Waals surface area contributed by atoms with Crippen molar-refractivity contribution in [3.63, 3.8) is 0 Å². The topological polar surface area (TPSA) is 68.1 Å². The highest BCUT2D eigenvalue weighted by Crippen LogP contribution is 2.36. The van der Waals surface area contributed by atoms with Crippen molar-refractivity contribution in [2.24, 2.45) is 5.73 Å². The number of ether oxygens (including phenoxy) is 1. The molecule has 0 atom stereocenters. The molecule has 0 unspecified atom stereocenters. The van der Waals surface area contributed by atoms with Crippen LogP contribution in [0.1, 0.15) is 35.0 Å². The summed E-state index contributed by atoms with van der Waals surface area (Å²) in [5.41, 5.74) is 9.73. The van der Waals surface area contributed by atoms with Gasteiger partial charge in [-0.15, -0.1) is 0 Å². The first-order valence-corrected chi connectivity index (χ1v) is 6.78. The van der Waals surface area contributed by atoms with Crippen LogP contribution in [0.2, 0.25) is 0 Å². The number of carbonyl (C=O) groups is 1. The van der Waals surface area contributed by atoms with E-state index < -0.39 is 0 Å².